The summed E-state index contributed by atoms with van der Waals surface area (Å²) >= 11 is 0. The number of ether oxygens (including phenoxy) is 1. The first-order chi connectivity index (χ1) is 16.8. The molecule has 1 heterocycles. The molecule has 3 aromatic carbocycles. The summed E-state index contributed by atoms with van der Waals surface area (Å²) in [4.78, 5) is 4.67. The molecule has 3 N–H and O–H groups in total. The highest BCUT2D eigenvalue weighted by molar-refractivity contribution is 5.59. The fourth-order valence-corrected chi connectivity index (χ4v) is 4.69. The van der Waals surface area contributed by atoms with Crippen LogP contribution in [0.2, 0.25) is 0 Å². The Kier molecular flexibility index (Phi) is 7.93. The molecule has 0 radical (unpaired) electrons. The van der Waals surface area contributed by atoms with E-state index < -0.39 is 6.10 Å². The minimum absolute atomic E-state index is 0.203. The Morgan fingerprint density at radius 1 is 0.914 bits per heavy atom. The standard InChI is InChI=1S/C29H36FN3O2/c1-20-16-28(31)21(2)22(3)29(20)35-19-27(34)18-32-12-14-33(15-13-32)26-10-6-24(7-11-26)17-23-4-8-25(30)9-5-23/h4-11,16,27,34H,12-15,17-19,31H2,1-3H3/t27-/m0/s1. The first kappa shape index (κ1) is 25.0. The molecule has 0 unspecified atom stereocenters. The number of nitrogen functional groups attached to an aromatic ring is 1. The van der Waals surface area contributed by atoms with Gasteiger partial charge in [0.2, 0.25) is 0 Å². The van der Waals surface area contributed by atoms with Crippen molar-refractivity contribution in [1.29, 1.82) is 0 Å². The van der Waals surface area contributed by atoms with Crippen molar-refractivity contribution in [3.8, 4) is 5.75 Å². The fraction of sp³-hybridized carbons (Fsp3) is 0.379. The Labute approximate surface area is 207 Å². The second-order valence-electron chi connectivity index (χ2n) is 9.58. The Morgan fingerprint density at radius 2 is 1.51 bits per heavy atom. The lowest BCUT2D eigenvalue weighted by Crippen LogP contribution is -2.49. The summed E-state index contributed by atoms with van der Waals surface area (Å²) in [5.74, 6) is 0.619. The minimum Gasteiger partial charge on any atom is -0.490 e. The molecule has 35 heavy (non-hydrogen) atoms. The number of β-amino-alcohol motifs (C(OH)–C–C–N with tert-alkyl or cyclic N) is 1. The average molecular weight is 478 g/mol. The molecule has 1 fully saturated rings. The van der Waals surface area contributed by atoms with E-state index in [1.54, 1.807) is 0 Å². The van der Waals surface area contributed by atoms with E-state index in [1.807, 2.05) is 39.0 Å². The van der Waals surface area contributed by atoms with E-state index in [-0.39, 0.29) is 12.4 Å². The van der Waals surface area contributed by atoms with Gasteiger partial charge in [-0.25, -0.2) is 4.39 Å². The third-order valence-electron chi connectivity index (χ3n) is 6.95. The highest BCUT2D eigenvalue weighted by atomic mass is 19.1. The van der Waals surface area contributed by atoms with Crippen molar-refractivity contribution < 1.29 is 14.2 Å². The van der Waals surface area contributed by atoms with Crippen LogP contribution in [-0.4, -0.2) is 55.4 Å². The lowest BCUT2D eigenvalue weighted by Gasteiger charge is -2.37. The largest absolute Gasteiger partial charge is 0.490 e. The van der Waals surface area contributed by atoms with E-state index in [0.29, 0.717) is 6.54 Å². The number of aliphatic hydroxyl groups excluding tert-OH is 1. The van der Waals surface area contributed by atoms with Crippen molar-refractivity contribution in [2.75, 3.05) is 50.0 Å². The van der Waals surface area contributed by atoms with E-state index >= 15 is 0 Å². The van der Waals surface area contributed by atoms with Crippen molar-refractivity contribution >= 4 is 11.4 Å². The maximum Gasteiger partial charge on any atom is 0.125 e. The zero-order valence-electron chi connectivity index (χ0n) is 20.9. The van der Waals surface area contributed by atoms with Crippen LogP contribution in [-0.2, 0) is 6.42 Å². The molecule has 1 atom stereocenters. The fourth-order valence-electron chi connectivity index (χ4n) is 4.69. The molecular formula is C29H36FN3O2. The number of nitrogens with zero attached hydrogens (tertiary/aromatic N) is 2. The molecule has 4 rings (SSSR count). The molecule has 5 nitrogen and oxygen atoms in total. The van der Waals surface area contributed by atoms with Gasteiger partial charge in [0.15, 0.2) is 0 Å². The maximum atomic E-state index is 13.1. The number of hydrogen-bond acceptors (Lipinski definition) is 5. The van der Waals surface area contributed by atoms with E-state index in [9.17, 15) is 9.50 Å². The maximum absolute atomic E-state index is 13.1. The average Bonchev–Trinajstić information content (AvgIpc) is 2.85. The molecule has 6 heteroatoms. The lowest BCUT2D eigenvalue weighted by molar-refractivity contribution is 0.0658. The molecule has 3 aromatic rings. The van der Waals surface area contributed by atoms with Gasteiger partial charge in [0.05, 0.1) is 0 Å². The third-order valence-corrected chi connectivity index (χ3v) is 6.95. The van der Waals surface area contributed by atoms with Gasteiger partial charge >= 0.3 is 0 Å². The minimum atomic E-state index is -0.552. The summed E-state index contributed by atoms with van der Waals surface area (Å²) in [7, 11) is 0. The van der Waals surface area contributed by atoms with Crippen LogP contribution in [0.5, 0.6) is 5.75 Å². The first-order valence-corrected chi connectivity index (χ1v) is 12.3. The van der Waals surface area contributed by atoms with Gasteiger partial charge in [-0.3, -0.25) is 4.90 Å². The van der Waals surface area contributed by atoms with Crippen molar-refractivity contribution in [3.63, 3.8) is 0 Å². The number of benzene rings is 3. The van der Waals surface area contributed by atoms with Gasteiger partial charge in [-0.15, -0.1) is 0 Å². The van der Waals surface area contributed by atoms with Gasteiger partial charge < -0.3 is 20.5 Å². The Hall–Kier alpha value is -3.09. The van der Waals surface area contributed by atoms with Crippen molar-refractivity contribution in [3.05, 3.63) is 88.2 Å². The molecule has 1 aliphatic rings. The van der Waals surface area contributed by atoms with E-state index in [4.69, 9.17) is 10.5 Å². The van der Waals surface area contributed by atoms with Crippen LogP contribution < -0.4 is 15.4 Å². The second-order valence-corrected chi connectivity index (χ2v) is 9.58. The number of anilines is 2. The van der Waals surface area contributed by atoms with E-state index in [0.717, 1.165) is 66.3 Å². The number of halogens is 1. The molecule has 0 aromatic heterocycles. The number of rotatable bonds is 8. The number of aryl methyl sites for hydroxylation is 1. The molecule has 0 aliphatic carbocycles. The van der Waals surface area contributed by atoms with Crippen LogP contribution in [0.4, 0.5) is 15.8 Å². The highest BCUT2D eigenvalue weighted by Crippen LogP contribution is 2.30. The topological polar surface area (TPSA) is 62.0 Å². The van der Waals surface area contributed by atoms with Gasteiger partial charge in [-0.1, -0.05) is 24.3 Å². The van der Waals surface area contributed by atoms with Crippen molar-refractivity contribution in [2.24, 2.45) is 0 Å². The number of piperazine rings is 1. The molecule has 1 aliphatic heterocycles. The third kappa shape index (κ3) is 6.32. The number of aliphatic hydroxyl groups is 1. The SMILES string of the molecule is Cc1cc(N)c(C)c(C)c1OC[C@@H](O)CN1CCN(c2ccc(Cc3ccc(F)cc3)cc2)CC1. The van der Waals surface area contributed by atoms with Gasteiger partial charge in [-0.2, -0.15) is 0 Å². The molecular weight excluding hydrogens is 441 g/mol. The van der Waals surface area contributed by atoms with Gasteiger partial charge in [-0.05, 0) is 85.3 Å². The normalized spacial score (nSPS) is 15.3. The van der Waals surface area contributed by atoms with E-state index in [1.165, 1.54) is 23.4 Å². The summed E-state index contributed by atoms with van der Waals surface area (Å²) in [6.45, 7) is 10.5. The Morgan fingerprint density at radius 3 is 2.14 bits per heavy atom. The van der Waals surface area contributed by atoms with Gasteiger partial charge in [0, 0.05) is 44.1 Å². The Bertz CT molecular complexity index is 1120. The number of hydrogen-bond donors (Lipinski definition) is 2. The summed E-state index contributed by atoms with van der Waals surface area (Å²) < 4.78 is 19.1. The van der Waals surface area contributed by atoms with Crippen molar-refractivity contribution in [1.82, 2.24) is 4.90 Å². The zero-order valence-corrected chi connectivity index (χ0v) is 20.9. The van der Waals surface area contributed by atoms with Crippen LogP contribution in [0.15, 0.2) is 54.6 Å². The quantitative estimate of drug-likeness (QED) is 0.468. The van der Waals surface area contributed by atoms with Crippen LogP contribution in [0.1, 0.15) is 27.8 Å². The molecule has 0 saturated carbocycles. The molecule has 186 valence electrons. The predicted molar refractivity (Wildman–Crippen MR) is 141 cm³/mol. The summed E-state index contributed by atoms with van der Waals surface area (Å²) in [6, 6.07) is 17.2. The van der Waals surface area contributed by atoms with Crippen molar-refractivity contribution in [2.45, 2.75) is 33.3 Å². The predicted octanol–water partition coefficient (Wildman–Crippen LogP) is 4.49. The van der Waals surface area contributed by atoms with E-state index in [2.05, 4.69) is 34.1 Å². The smallest absolute Gasteiger partial charge is 0.125 e. The summed E-state index contributed by atoms with van der Waals surface area (Å²) in [6.07, 6.45) is 0.243. The monoisotopic (exact) mass is 477 g/mol. The van der Waals surface area contributed by atoms with Gasteiger partial charge in [0.25, 0.3) is 0 Å². The van der Waals surface area contributed by atoms with Crippen LogP contribution in [0.3, 0.4) is 0 Å². The first-order valence-electron chi connectivity index (χ1n) is 12.3. The molecule has 0 amide bonds. The van der Waals surface area contributed by atoms with Crippen LogP contribution >= 0.6 is 0 Å². The van der Waals surface area contributed by atoms with Gasteiger partial charge in [0.1, 0.15) is 24.3 Å². The second kappa shape index (κ2) is 11.1. The van der Waals surface area contributed by atoms with Crippen LogP contribution in [0, 0.1) is 26.6 Å². The molecule has 0 bridgehead atoms. The Balaban J connectivity index is 1.23. The van der Waals surface area contributed by atoms with Crippen LogP contribution in [0.25, 0.3) is 0 Å². The highest BCUT2D eigenvalue weighted by Gasteiger charge is 2.20. The molecule has 1 saturated heterocycles. The number of nitrogens with two attached hydrogens (primary N) is 1. The summed E-state index contributed by atoms with van der Waals surface area (Å²) in [5.41, 5.74) is 13.4. The molecule has 0 spiro atoms. The zero-order chi connectivity index (χ0) is 24.9. The lowest BCUT2D eigenvalue weighted by atomic mass is 10.0. The summed E-state index contributed by atoms with van der Waals surface area (Å²) in [5, 5.41) is 10.6.